The van der Waals surface area contributed by atoms with Crippen molar-refractivity contribution in [3.8, 4) is 5.75 Å². The van der Waals surface area contributed by atoms with Gasteiger partial charge in [0.05, 0.1) is 0 Å². The lowest BCUT2D eigenvalue weighted by Gasteiger charge is -2.28. The zero-order valence-electron chi connectivity index (χ0n) is 15.2. The number of ether oxygens (including phenoxy) is 1. The molecule has 1 aliphatic rings. The van der Waals surface area contributed by atoms with Crippen LogP contribution in [0.4, 0.5) is 5.69 Å². The Hall–Kier alpha value is -2.81. The van der Waals surface area contributed by atoms with Crippen molar-refractivity contribution in [3.05, 3.63) is 72.3 Å². The van der Waals surface area contributed by atoms with Gasteiger partial charge >= 0.3 is 0 Å². The third-order valence-corrected chi connectivity index (χ3v) is 5.11. The zero-order chi connectivity index (χ0) is 18.1. The molecule has 132 valence electrons. The van der Waals surface area contributed by atoms with E-state index in [9.17, 15) is 4.79 Å². The topological polar surface area (TPSA) is 29.5 Å². The fourth-order valence-corrected chi connectivity index (χ4v) is 3.82. The van der Waals surface area contributed by atoms with Crippen LogP contribution < -0.4 is 9.64 Å². The van der Waals surface area contributed by atoms with Crippen LogP contribution in [0.1, 0.15) is 25.8 Å². The van der Waals surface area contributed by atoms with E-state index in [0.717, 1.165) is 28.6 Å². The van der Waals surface area contributed by atoms with Crippen molar-refractivity contribution in [3.63, 3.8) is 0 Å². The first-order valence-electron chi connectivity index (χ1n) is 9.24. The summed E-state index contributed by atoms with van der Waals surface area (Å²) in [5.41, 5.74) is 2.25. The average molecular weight is 345 g/mol. The molecule has 2 unspecified atom stereocenters. The number of hydrogen-bond donors (Lipinski definition) is 0. The maximum absolute atomic E-state index is 13.3. The Bertz CT molecular complexity index is 944. The lowest BCUT2D eigenvalue weighted by atomic mass is 10.1. The highest BCUT2D eigenvalue weighted by atomic mass is 16.5. The van der Waals surface area contributed by atoms with Crippen LogP contribution in [0.5, 0.6) is 5.75 Å². The Morgan fingerprint density at radius 1 is 1.08 bits per heavy atom. The number of anilines is 1. The molecule has 1 amide bonds. The average Bonchev–Trinajstić information content (AvgIpc) is 3.01. The van der Waals surface area contributed by atoms with Gasteiger partial charge in [0.1, 0.15) is 5.75 Å². The standard InChI is InChI=1S/C23H23NO2/c1-3-21(26-22-14-8-11-17-9-4-6-12-19(17)22)23(25)24-16(2)15-18-10-5-7-13-20(18)24/h4-14,16,21H,3,15H2,1-2H3. The molecule has 0 fully saturated rings. The minimum absolute atomic E-state index is 0.0397. The van der Waals surface area contributed by atoms with Gasteiger partial charge in [-0.3, -0.25) is 4.79 Å². The minimum atomic E-state index is -0.491. The molecule has 2 atom stereocenters. The number of nitrogens with zero attached hydrogens (tertiary/aromatic N) is 1. The van der Waals surface area contributed by atoms with Gasteiger partial charge in [-0.2, -0.15) is 0 Å². The zero-order valence-corrected chi connectivity index (χ0v) is 15.2. The van der Waals surface area contributed by atoms with E-state index in [1.807, 2.05) is 60.4 Å². The fraction of sp³-hybridized carbons (Fsp3) is 0.261. The fourth-order valence-electron chi connectivity index (χ4n) is 3.82. The third-order valence-electron chi connectivity index (χ3n) is 5.11. The largest absolute Gasteiger partial charge is 0.480 e. The van der Waals surface area contributed by atoms with Gasteiger partial charge in [-0.1, -0.05) is 61.5 Å². The monoisotopic (exact) mass is 345 g/mol. The molecular formula is C23H23NO2. The van der Waals surface area contributed by atoms with Crippen molar-refractivity contribution in [2.24, 2.45) is 0 Å². The maximum atomic E-state index is 13.3. The summed E-state index contributed by atoms with van der Waals surface area (Å²) in [5, 5.41) is 2.16. The van der Waals surface area contributed by atoms with Gasteiger partial charge < -0.3 is 9.64 Å². The summed E-state index contributed by atoms with van der Waals surface area (Å²) in [7, 11) is 0. The molecular weight excluding hydrogens is 322 g/mol. The predicted molar refractivity (Wildman–Crippen MR) is 106 cm³/mol. The third kappa shape index (κ3) is 2.84. The van der Waals surface area contributed by atoms with Crippen LogP contribution in [0.3, 0.4) is 0 Å². The Balaban J connectivity index is 1.64. The molecule has 1 heterocycles. The van der Waals surface area contributed by atoms with E-state index in [-0.39, 0.29) is 11.9 Å². The Kier molecular flexibility index (Phi) is 4.37. The van der Waals surface area contributed by atoms with E-state index in [1.165, 1.54) is 5.56 Å². The summed E-state index contributed by atoms with van der Waals surface area (Å²) >= 11 is 0. The highest BCUT2D eigenvalue weighted by Crippen LogP contribution is 2.33. The van der Waals surface area contributed by atoms with Crippen LogP contribution in [0.25, 0.3) is 10.8 Å². The smallest absolute Gasteiger partial charge is 0.268 e. The second-order valence-corrected chi connectivity index (χ2v) is 6.88. The molecule has 0 radical (unpaired) electrons. The Morgan fingerprint density at radius 2 is 1.81 bits per heavy atom. The van der Waals surface area contributed by atoms with Crippen LogP contribution >= 0.6 is 0 Å². The maximum Gasteiger partial charge on any atom is 0.268 e. The Morgan fingerprint density at radius 3 is 2.65 bits per heavy atom. The molecule has 0 N–H and O–H groups in total. The van der Waals surface area contributed by atoms with Crippen LogP contribution in [0, 0.1) is 0 Å². The van der Waals surface area contributed by atoms with Gasteiger partial charge in [-0.15, -0.1) is 0 Å². The van der Waals surface area contributed by atoms with E-state index in [0.29, 0.717) is 6.42 Å². The van der Waals surface area contributed by atoms with Gasteiger partial charge in [0.25, 0.3) is 5.91 Å². The van der Waals surface area contributed by atoms with Crippen molar-refractivity contribution in [1.82, 2.24) is 0 Å². The van der Waals surface area contributed by atoms with Crippen molar-refractivity contribution < 1.29 is 9.53 Å². The molecule has 3 nitrogen and oxygen atoms in total. The molecule has 0 saturated heterocycles. The number of para-hydroxylation sites is 1. The molecule has 0 bridgehead atoms. The lowest BCUT2D eigenvalue weighted by Crippen LogP contribution is -2.44. The van der Waals surface area contributed by atoms with Gasteiger partial charge in [0.2, 0.25) is 0 Å². The minimum Gasteiger partial charge on any atom is -0.480 e. The number of carbonyl (C=O) groups is 1. The lowest BCUT2D eigenvalue weighted by molar-refractivity contribution is -0.125. The van der Waals surface area contributed by atoms with Gasteiger partial charge in [-0.05, 0) is 42.8 Å². The first-order chi connectivity index (χ1) is 12.7. The molecule has 1 aliphatic heterocycles. The van der Waals surface area contributed by atoms with Gasteiger partial charge in [0.15, 0.2) is 6.10 Å². The number of rotatable bonds is 4. The number of hydrogen-bond acceptors (Lipinski definition) is 2. The second kappa shape index (κ2) is 6.83. The van der Waals surface area contributed by atoms with Gasteiger partial charge in [-0.25, -0.2) is 0 Å². The van der Waals surface area contributed by atoms with Crippen LogP contribution in [0.15, 0.2) is 66.7 Å². The summed E-state index contributed by atoms with van der Waals surface area (Å²) < 4.78 is 6.22. The first kappa shape index (κ1) is 16.6. The van der Waals surface area contributed by atoms with Crippen molar-refractivity contribution in [2.75, 3.05) is 4.90 Å². The summed E-state index contributed by atoms with van der Waals surface area (Å²) in [6.45, 7) is 4.10. The highest BCUT2D eigenvalue weighted by Gasteiger charge is 2.35. The van der Waals surface area contributed by atoms with Crippen LogP contribution in [-0.4, -0.2) is 18.1 Å². The molecule has 0 aromatic heterocycles. The molecule has 3 heteroatoms. The summed E-state index contributed by atoms with van der Waals surface area (Å²) in [5.74, 6) is 0.807. The highest BCUT2D eigenvalue weighted by molar-refractivity contribution is 5.99. The Labute approximate surface area is 154 Å². The molecule has 3 aromatic carbocycles. The second-order valence-electron chi connectivity index (χ2n) is 6.88. The molecule has 0 saturated carbocycles. The van der Waals surface area contributed by atoms with Crippen molar-refractivity contribution in [2.45, 2.75) is 38.8 Å². The molecule has 0 aliphatic carbocycles. The SMILES string of the molecule is CCC(Oc1cccc2ccccc12)C(=O)N1c2ccccc2CC1C. The number of amides is 1. The summed E-state index contributed by atoms with van der Waals surface area (Å²) in [4.78, 5) is 15.2. The number of fused-ring (bicyclic) bond motifs is 2. The van der Waals surface area contributed by atoms with Crippen LogP contribution in [0.2, 0.25) is 0 Å². The molecule has 26 heavy (non-hydrogen) atoms. The van der Waals surface area contributed by atoms with E-state index in [1.54, 1.807) is 0 Å². The van der Waals surface area contributed by atoms with E-state index >= 15 is 0 Å². The molecule has 3 aromatic rings. The number of carbonyl (C=O) groups excluding carboxylic acids is 1. The summed E-state index contributed by atoms with van der Waals surface area (Å²) in [6, 6.07) is 22.4. The van der Waals surface area contributed by atoms with Gasteiger partial charge in [0, 0.05) is 17.1 Å². The molecule has 4 rings (SSSR count). The quantitative estimate of drug-likeness (QED) is 0.668. The van der Waals surface area contributed by atoms with E-state index < -0.39 is 6.10 Å². The summed E-state index contributed by atoms with van der Waals surface area (Å²) in [6.07, 6.45) is 1.04. The van der Waals surface area contributed by atoms with E-state index in [2.05, 4.69) is 25.1 Å². The molecule has 0 spiro atoms. The normalized spacial score (nSPS) is 17.2. The van der Waals surface area contributed by atoms with E-state index in [4.69, 9.17) is 4.74 Å². The first-order valence-corrected chi connectivity index (χ1v) is 9.24. The van der Waals surface area contributed by atoms with Crippen molar-refractivity contribution in [1.29, 1.82) is 0 Å². The van der Waals surface area contributed by atoms with Crippen LogP contribution in [-0.2, 0) is 11.2 Å². The number of benzene rings is 3. The predicted octanol–water partition coefficient (Wildman–Crippen LogP) is 4.98. The van der Waals surface area contributed by atoms with Crippen molar-refractivity contribution >= 4 is 22.4 Å².